The molecule has 1 saturated heterocycles. The summed E-state index contributed by atoms with van der Waals surface area (Å²) in [6, 6.07) is 5.68. The van der Waals surface area contributed by atoms with Crippen LogP contribution in [0.5, 0.6) is 0 Å². The number of nitrogens with zero attached hydrogens (tertiary/aromatic N) is 2. The molecule has 1 heterocycles. The van der Waals surface area contributed by atoms with E-state index in [1.54, 1.807) is 6.07 Å². The Labute approximate surface area is 125 Å². The minimum atomic E-state index is -0.340. The monoisotopic (exact) mass is 299 g/mol. The highest BCUT2D eigenvalue weighted by atomic mass is 35.5. The van der Waals surface area contributed by atoms with E-state index in [1.807, 2.05) is 13.1 Å². The van der Waals surface area contributed by atoms with Crippen LogP contribution >= 0.6 is 11.6 Å². The summed E-state index contributed by atoms with van der Waals surface area (Å²) in [5.41, 5.74) is 0.868. The Hall–Kier alpha value is -0.680. The summed E-state index contributed by atoms with van der Waals surface area (Å²) in [4.78, 5) is 4.70. The fourth-order valence-electron chi connectivity index (χ4n) is 2.85. The van der Waals surface area contributed by atoms with E-state index in [9.17, 15) is 4.39 Å². The highest BCUT2D eigenvalue weighted by Gasteiger charge is 2.29. The summed E-state index contributed by atoms with van der Waals surface area (Å²) in [6.07, 6.45) is 0.732. The molecule has 0 radical (unpaired) electrons. The summed E-state index contributed by atoms with van der Waals surface area (Å²) in [5, 5.41) is 3.62. The molecule has 2 rings (SSSR count). The summed E-state index contributed by atoms with van der Waals surface area (Å²) >= 11 is 6.07. The van der Waals surface area contributed by atoms with E-state index in [0.29, 0.717) is 6.04 Å². The zero-order chi connectivity index (χ0) is 14.7. The lowest BCUT2D eigenvalue weighted by molar-refractivity contribution is 0.0897. The van der Waals surface area contributed by atoms with E-state index in [2.05, 4.69) is 29.2 Å². The predicted octanol–water partition coefficient (Wildman–Crippen LogP) is 1.86. The topological polar surface area (TPSA) is 18.5 Å². The van der Waals surface area contributed by atoms with Crippen LogP contribution in [0.2, 0.25) is 5.02 Å². The Morgan fingerprint density at radius 3 is 2.85 bits per heavy atom. The molecule has 1 aromatic rings. The molecule has 0 spiro atoms. The highest BCUT2D eigenvalue weighted by Crippen LogP contribution is 2.23. The van der Waals surface area contributed by atoms with Gasteiger partial charge in [0.1, 0.15) is 5.82 Å². The Morgan fingerprint density at radius 2 is 2.15 bits per heavy atom. The molecule has 1 fully saturated rings. The van der Waals surface area contributed by atoms with E-state index >= 15 is 0 Å². The SMILES string of the molecule is CNC(Cc1cccc(F)c1Cl)C1CN(C)CCN1C. The second-order valence-electron chi connectivity index (χ2n) is 5.62. The van der Waals surface area contributed by atoms with Crippen LogP contribution in [0, 0.1) is 5.82 Å². The van der Waals surface area contributed by atoms with Crippen LogP contribution in [0.15, 0.2) is 18.2 Å². The zero-order valence-electron chi connectivity index (χ0n) is 12.4. The lowest BCUT2D eigenvalue weighted by atomic mass is 9.96. The highest BCUT2D eigenvalue weighted by molar-refractivity contribution is 6.31. The van der Waals surface area contributed by atoms with Crippen molar-refractivity contribution in [3.63, 3.8) is 0 Å². The molecular weight excluding hydrogens is 277 g/mol. The van der Waals surface area contributed by atoms with Crippen molar-refractivity contribution in [1.29, 1.82) is 0 Å². The standard InChI is InChI=1S/C15H23ClFN3/c1-18-13(14-10-19(2)7-8-20(14)3)9-11-5-4-6-12(17)15(11)16/h4-6,13-14,18H,7-10H2,1-3H3. The molecule has 5 heteroatoms. The number of benzene rings is 1. The van der Waals surface area contributed by atoms with Gasteiger partial charge in [-0.25, -0.2) is 4.39 Å². The number of hydrogen-bond donors (Lipinski definition) is 1. The normalized spacial score (nSPS) is 22.9. The average molecular weight is 300 g/mol. The Kier molecular flexibility index (Phi) is 5.38. The summed E-state index contributed by atoms with van der Waals surface area (Å²) in [6.45, 7) is 3.15. The van der Waals surface area contributed by atoms with Gasteiger partial charge >= 0.3 is 0 Å². The van der Waals surface area contributed by atoms with Gasteiger partial charge in [0.25, 0.3) is 0 Å². The number of halogens is 2. The lowest BCUT2D eigenvalue weighted by Gasteiger charge is -2.42. The van der Waals surface area contributed by atoms with Crippen molar-refractivity contribution in [3.05, 3.63) is 34.6 Å². The Balaban J connectivity index is 2.14. The van der Waals surface area contributed by atoms with Gasteiger partial charge in [0, 0.05) is 31.7 Å². The fraction of sp³-hybridized carbons (Fsp3) is 0.600. The van der Waals surface area contributed by atoms with Crippen LogP contribution in [0.25, 0.3) is 0 Å². The molecular formula is C15H23ClFN3. The molecule has 2 atom stereocenters. The van der Waals surface area contributed by atoms with Crippen LogP contribution in [0.4, 0.5) is 4.39 Å². The third-order valence-electron chi connectivity index (χ3n) is 4.21. The van der Waals surface area contributed by atoms with Gasteiger partial charge in [-0.1, -0.05) is 23.7 Å². The third kappa shape index (κ3) is 3.50. The number of piperazine rings is 1. The summed E-state index contributed by atoms with van der Waals surface area (Å²) < 4.78 is 13.5. The van der Waals surface area contributed by atoms with Gasteiger partial charge < -0.3 is 10.2 Å². The molecule has 2 unspecified atom stereocenters. The molecule has 1 aromatic carbocycles. The van der Waals surface area contributed by atoms with Gasteiger partial charge in [-0.15, -0.1) is 0 Å². The number of likely N-dealkylation sites (N-methyl/N-ethyl adjacent to an activating group) is 3. The van der Waals surface area contributed by atoms with E-state index in [0.717, 1.165) is 31.6 Å². The predicted molar refractivity (Wildman–Crippen MR) is 81.9 cm³/mol. The zero-order valence-corrected chi connectivity index (χ0v) is 13.1. The molecule has 0 saturated carbocycles. The maximum atomic E-state index is 13.5. The number of rotatable bonds is 4. The van der Waals surface area contributed by atoms with Crippen LogP contribution < -0.4 is 5.32 Å². The number of nitrogens with one attached hydrogen (secondary N) is 1. The molecule has 0 aromatic heterocycles. The maximum Gasteiger partial charge on any atom is 0.142 e. The summed E-state index contributed by atoms with van der Waals surface area (Å²) in [7, 11) is 6.25. The summed E-state index contributed by atoms with van der Waals surface area (Å²) in [5.74, 6) is -0.340. The van der Waals surface area contributed by atoms with Crippen LogP contribution in [-0.4, -0.2) is 62.7 Å². The fourth-order valence-corrected chi connectivity index (χ4v) is 3.06. The van der Waals surface area contributed by atoms with Gasteiger partial charge in [-0.3, -0.25) is 4.90 Å². The largest absolute Gasteiger partial charge is 0.315 e. The van der Waals surface area contributed by atoms with Gasteiger partial charge in [0.2, 0.25) is 0 Å². The van der Waals surface area contributed by atoms with E-state index in [1.165, 1.54) is 6.07 Å². The molecule has 1 N–H and O–H groups in total. The Bertz CT molecular complexity index is 455. The first-order valence-electron chi connectivity index (χ1n) is 7.02. The van der Waals surface area contributed by atoms with Crippen LogP contribution in [0.3, 0.4) is 0 Å². The molecule has 1 aliphatic heterocycles. The van der Waals surface area contributed by atoms with Gasteiger partial charge in [0.15, 0.2) is 0 Å². The van der Waals surface area contributed by atoms with Crippen molar-refractivity contribution in [3.8, 4) is 0 Å². The molecule has 0 aliphatic carbocycles. The van der Waals surface area contributed by atoms with Crippen molar-refractivity contribution in [2.24, 2.45) is 0 Å². The Morgan fingerprint density at radius 1 is 1.40 bits per heavy atom. The van der Waals surface area contributed by atoms with Gasteiger partial charge in [0.05, 0.1) is 5.02 Å². The van der Waals surface area contributed by atoms with Gasteiger partial charge in [-0.2, -0.15) is 0 Å². The first kappa shape index (κ1) is 15.7. The molecule has 3 nitrogen and oxygen atoms in total. The first-order chi connectivity index (χ1) is 9.52. The van der Waals surface area contributed by atoms with Crippen LogP contribution in [0.1, 0.15) is 5.56 Å². The van der Waals surface area contributed by atoms with Crippen LogP contribution in [-0.2, 0) is 6.42 Å². The van der Waals surface area contributed by atoms with Crippen molar-refractivity contribution < 1.29 is 4.39 Å². The van der Waals surface area contributed by atoms with Crippen molar-refractivity contribution >= 4 is 11.6 Å². The minimum absolute atomic E-state index is 0.250. The molecule has 1 aliphatic rings. The smallest absolute Gasteiger partial charge is 0.142 e. The number of hydrogen-bond acceptors (Lipinski definition) is 3. The first-order valence-corrected chi connectivity index (χ1v) is 7.39. The molecule has 0 amide bonds. The van der Waals surface area contributed by atoms with Crippen molar-refractivity contribution in [2.45, 2.75) is 18.5 Å². The van der Waals surface area contributed by atoms with Crippen molar-refractivity contribution in [2.75, 3.05) is 40.8 Å². The molecule has 112 valence electrons. The van der Waals surface area contributed by atoms with Crippen molar-refractivity contribution in [1.82, 2.24) is 15.1 Å². The second-order valence-corrected chi connectivity index (χ2v) is 6.00. The average Bonchev–Trinajstić information content (AvgIpc) is 2.43. The van der Waals surface area contributed by atoms with E-state index in [4.69, 9.17) is 11.6 Å². The maximum absolute atomic E-state index is 13.5. The quantitative estimate of drug-likeness (QED) is 0.915. The second kappa shape index (κ2) is 6.85. The minimum Gasteiger partial charge on any atom is -0.315 e. The lowest BCUT2D eigenvalue weighted by Crippen LogP contribution is -2.58. The molecule has 0 bridgehead atoms. The third-order valence-corrected chi connectivity index (χ3v) is 4.63. The molecule has 20 heavy (non-hydrogen) atoms. The van der Waals surface area contributed by atoms with Gasteiger partial charge in [-0.05, 0) is 39.2 Å². The van der Waals surface area contributed by atoms with E-state index < -0.39 is 0 Å². The van der Waals surface area contributed by atoms with E-state index in [-0.39, 0.29) is 16.9 Å².